The van der Waals surface area contributed by atoms with Gasteiger partial charge >= 0.3 is 11.7 Å². The van der Waals surface area contributed by atoms with Crippen LogP contribution in [0.25, 0.3) is 11.2 Å². The maximum Gasteiger partial charge on any atom is 0.332 e. The van der Waals surface area contributed by atoms with Gasteiger partial charge in [-0.05, 0) is 18.6 Å². The summed E-state index contributed by atoms with van der Waals surface area (Å²) in [6.45, 7) is 1.74. The topological polar surface area (TPSA) is 122 Å². The first-order valence-corrected chi connectivity index (χ1v) is 9.15. The van der Waals surface area contributed by atoms with Crippen LogP contribution >= 0.6 is 0 Å². The Morgan fingerprint density at radius 2 is 2.00 bits per heavy atom. The van der Waals surface area contributed by atoms with Crippen LogP contribution in [0.2, 0.25) is 0 Å². The van der Waals surface area contributed by atoms with Gasteiger partial charge in [0.05, 0.1) is 6.54 Å². The minimum atomic E-state index is -1.16. The molecular weight excluding hydrogens is 362 g/mol. The number of aliphatic carboxylic acids is 1. The number of benzene rings is 1. The summed E-state index contributed by atoms with van der Waals surface area (Å²) in [5, 5.41) is 12.4. The average Bonchev–Trinajstić information content (AvgIpc) is 3.12. The highest BCUT2D eigenvalue weighted by atomic mass is 16.4. The highest BCUT2D eigenvalue weighted by molar-refractivity contribution is 5.77. The fraction of sp³-hybridized carbons (Fsp3) is 0.368. The zero-order valence-electron chi connectivity index (χ0n) is 15.8. The number of para-hydroxylation sites is 1. The Labute approximate surface area is 160 Å². The first kappa shape index (κ1) is 19.4. The predicted octanol–water partition coefficient (Wildman–Crippen LogP) is 1.33. The van der Waals surface area contributed by atoms with E-state index in [2.05, 4.69) is 22.2 Å². The standard InChI is InChI=1S/C19H23N5O4/c1-3-4-10-14-21-15-16(22-14)23(2)19(28)24(17(15)25)11-13(18(26)27)20-12-8-6-5-7-9-12/h5-9,13,20H,3-4,10-11H2,1-2H3,(H,21,22)(H,26,27). The number of H-pyrrole nitrogens is 1. The third kappa shape index (κ3) is 3.83. The molecule has 0 radical (unpaired) electrons. The smallest absolute Gasteiger partial charge is 0.332 e. The summed E-state index contributed by atoms with van der Waals surface area (Å²) in [6, 6.07) is 7.63. The van der Waals surface area contributed by atoms with Gasteiger partial charge in [0.2, 0.25) is 0 Å². The van der Waals surface area contributed by atoms with Crippen molar-refractivity contribution in [1.82, 2.24) is 19.1 Å². The minimum Gasteiger partial charge on any atom is -0.480 e. The number of aromatic amines is 1. The molecule has 0 spiro atoms. The van der Waals surface area contributed by atoms with E-state index in [9.17, 15) is 19.5 Å². The molecule has 0 fully saturated rings. The molecule has 0 aliphatic rings. The second-order valence-corrected chi connectivity index (χ2v) is 6.64. The highest BCUT2D eigenvalue weighted by Crippen LogP contribution is 2.10. The van der Waals surface area contributed by atoms with Crippen molar-refractivity contribution in [2.45, 2.75) is 38.8 Å². The third-order valence-electron chi connectivity index (χ3n) is 4.57. The number of nitrogens with one attached hydrogen (secondary N) is 2. The molecule has 0 aliphatic carbocycles. The lowest BCUT2D eigenvalue weighted by molar-refractivity contribution is -0.138. The number of hydrogen-bond donors (Lipinski definition) is 3. The molecule has 9 nitrogen and oxygen atoms in total. The number of rotatable bonds is 8. The Morgan fingerprint density at radius 3 is 2.64 bits per heavy atom. The first-order chi connectivity index (χ1) is 13.4. The van der Waals surface area contributed by atoms with Gasteiger partial charge in [-0.25, -0.2) is 14.6 Å². The Hall–Kier alpha value is -3.36. The van der Waals surface area contributed by atoms with E-state index in [0.717, 1.165) is 17.4 Å². The van der Waals surface area contributed by atoms with Gasteiger partial charge in [0, 0.05) is 19.2 Å². The summed E-state index contributed by atoms with van der Waals surface area (Å²) < 4.78 is 2.20. The van der Waals surface area contributed by atoms with Gasteiger partial charge < -0.3 is 15.4 Å². The van der Waals surface area contributed by atoms with Crippen molar-refractivity contribution in [3.63, 3.8) is 0 Å². The Bertz CT molecular complexity index is 1100. The van der Waals surface area contributed by atoms with Crippen LogP contribution in [0.4, 0.5) is 5.69 Å². The van der Waals surface area contributed by atoms with E-state index in [1.165, 1.54) is 11.6 Å². The first-order valence-electron chi connectivity index (χ1n) is 9.15. The summed E-state index contributed by atoms with van der Waals surface area (Å²) >= 11 is 0. The van der Waals surface area contributed by atoms with Crippen molar-refractivity contribution in [2.75, 3.05) is 5.32 Å². The largest absolute Gasteiger partial charge is 0.480 e. The molecule has 0 saturated carbocycles. The lowest BCUT2D eigenvalue weighted by Gasteiger charge is -2.17. The van der Waals surface area contributed by atoms with Crippen LogP contribution in [0.15, 0.2) is 39.9 Å². The molecule has 9 heteroatoms. The zero-order chi connectivity index (χ0) is 20.3. The lowest BCUT2D eigenvalue weighted by Crippen LogP contribution is -2.45. The molecule has 1 unspecified atom stereocenters. The Balaban J connectivity index is 2.00. The van der Waals surface area contributed by atoms with Crippen LogP contribution in [0.3, 0.4) is 0 Å². The van der Waals surface area contributed by atoms with Crippen molar-refractivity contribution in [3.8, 4) is 0 Å². The van der Waals surface area contributed by atoms with Gasteiger partial charge in [-0.3, -0.25) is 13.9 Å². The van der Waals surface area contributed by atoms with E-state index >= 15 is 0 Å². The molecule has 0 bridgehead atoms. The molecule has 28 heavy (non-hydrogen) atoms. The Kier molecular flexibility index (Phi) is 5.62. The maximum absolute atomic E-state index is 12.9. The molecule has 0 saturated heterocycles. The quantitative estimate of drug-likeness (QED) is 0.538. The molecule has 0 aliphatic heterocycles. The van der Waals surface area contributed by atoms with Crippen LogP contribution in [0, 0.1) is 0 Å². The third-order valence-corrected chi connectivity index (χ3v) is 4.57. The summed E-state index contributed by atoms with van der Waals surface area (Å²) in [5.74, 6) is -0.523. The number of carboxylic acid groups (broad SMARTS) is 1. The number of nitrogens with zero attached hydrogens (tertiary/aromatic N) is 3. The number of unbranched alkanes of at least 4 members (excludes halogenated alkanes) is 1. The number of anilines is 1. The lowest BCUT2D eigenvalue weighted by atomic mass is 10.2. The van der Waals surface area contributed by atoms with Crippen molar-refractivity contribution in [1.29, 1.82) is 0 Å². The molecule has 1 aromatic carbocycles. The number of hydrogen-bond acceptors (Lipinski definition) is 5. The van der Waals surface area contributed by atoms with Crippen LogP contribution in [-0.4, -0.2) is 36.2 Å². The number of aryl methyl sites for hydroxylation is 2. The second-order valence-electron chi connectivity index (χ2n) is 6.64. The van der Waals surface area contributed by atoms with Crippen LogP contribution in [0.1, 0.15) is 25.6 Å². The van der Waals surface area contributed by atoms with Crippen molar-refractivity contribution < 1.29 is 9.90 Å². The summed E-state index contributed by atoms with van der Waals surface area (Å²) in [5.41, 5.74) is -0.108. The van der Waals surface area contributed by atoms with Crippen molar-refractivity contribution in [2.24, 2.45) is 7.05 Å². The molecule has 1 atom stereocenters. The SMILES string of the molecule is CCCCc1nc2c([nH]1)c(=O)n(CC(Nc1ccccc1)C(=O)O)c(=O)n2C. The van der Waals surface area contributed by atoms with Gasteiger partial charge in [-0.15, -0.1) is 0 Å². The van der Waals surface area contributed by atoms with Crippen LogP contribution < -0.4 is 16.6 Å². The van der Waals surface area contributed by atoms with Gasteiger partial charge in [0.25, 0.3) is 5.56 Å². The molecule has 3 rings (SSSR count). The molecule has 2 heterocycles. The van der Waals surface area contributed by atoms with E-state index in [1.807, 2.05) is 6.07 Å². The van der Waals surface area contributed by atoms with Crippen molar-refractivity contribution >= 4 is 22.8 Å². The van der Waals surface area contributed by atoms with E-state index in [1.54, 1.807) is 24.3 Å². The van der Waals surface area contributed by atoms with Crippen molar-refractivity contribution in [3.05, 3.63) is 57.0 Å². The fourth-order valence-electron chi connectivity index (χ4n) is 3.02. The maximum atomic E-state index is 12.9. The monoisotopic (exact) mass is 385 g/mol. The average molecular weight is 385 g/mol. The van der Waals surface area contributed by atoms with Crippen LogP contribution in [-0.2, 0) is 24.8 Å². The number of carboxylic acids is 1. The normalized spacial score (nSPS) is 12.2. The summed E-state index contributed by atoms with van der Waals surface area (Å²) in [7, 11) is 1.52. The molecule has 0 amide bonds. The van der Waals surface area contributed by atoms with Crippen LogP contribution in [0.5, 0.6) is 0 Å². The minimum absolute atomic E-state index is 0.206. The predicted molar refractivity (Wildman–Crippen MR) is 106 cm³/mol. The van der Waals surface area contributed by atoms with Gasteiger partial charge in [0.15, 0.2) is 5.65 Å². The van der Waals surface area contributed by atoms with E-state index in [-0.39, 0.29) is 17.7 Å². The molecule has 3 aromatic rings. The molecular formula is C19H23N5O4. The number of imidazole rings is 1. The van der Waals surface area contributed by atoms with E-state index in [4.69, 9.17) is 0 Å². The van der Waals surface area contributed by atoms with Gasteiger partial charge in [0.1, 0.15) is 17.4 Å². The zero-order valence-corrected chi connectivity index (χ0v) is 15.8. The number of carbonyl (C=O) groups is 1. The van der Waals surface area contributed by atoms with Gasteiger partial charge in [-0.1, -0.05) is 31.5 Å². The summed E-state index contributed by atoms with van der Waals surface area (Å²) in [4.78, 5) is 44.6. The molecule has 3 N–H and O–H groups in total. The molecule has 2 aromatic heterocycles. The Morgan fingerprint density at radius 1 is 1.29 bits per heavy atom. The number of fused-ring (bicyclic) bond motifs is 1. The second kappa shape index (κ2) is 8.12. The van der Waals surface area contributed by atoms with E-state index in [0.29, 0.717) is 17.9 Å². The molecule has 148 valence electrons. The highest BCUT2D eigenvalue weighted by Gasteiger charge is 2.22. The van der Waals surface area contributed by atoms with E-state index < -0.39 is 23.3 Å². The van der Waals surface area contributed by atoms with Gasteiger partial charge in [-0.2, -0.15) is 0 Å². The summed E-state index contributed by atoms with van der Waals surface area (Å²) in [6.07, 6.45) is 2.56. The fourth-order valence-corrected chi connectivity index (χ4v) is 3.02. The number of aromatic nitrogens is 4.